The Labute approximate surface area is 141 Å². The first-order chi connectivity index (χ1) is 11.8. The van der Waals surface area contributed by atoms with Crippen LogP contribution in [0, 0.1) is 0 Å². The van der Waals surface area contributed by atoms with Crippen molar-refractivity contribution in [3.05, 3.63) is 40.6 Å². The minimum absolute atomic E-state index is 0.0808. The molecule has 3 aromatic rings. The molecule has 0 radical (unpaired) electrons. The SMILES string of the molecule is O=c1[nH]nc(SCc2cc(-c3ccco3)on2)n1C[C@H]1CCCO1. The topological polar surface area (TPSA) is 99.1 Å². The molecule has 0 aromatic carbocycles. The van der Waals surface area contributed by atoms with Gasteiger partial charge in [0, 0.05) is 18.4 Å². The monoisotopic (exact) mass is 348 g/mol. The van der Waals surface area contributed by atoms with Crippen LogP contribution in [0.3, 0.4) is 0 Å². The Morgan fingerprint density at radius 3 is 3.17 bits per heavy atom. The second kappa shape index (κ2) is 6.70. The molecule has 1 N–H and O–H groups in total. The lowest BCUT2D eigenvalue weighted by atomic mass is 10.2. The highest BCUT2D eigenvalue weighted by atomic mass is 32.2. The summed E-state index contributed by atoms with van der Waals surface area (Å²) in [7, 11) is 0. The zero-order chi connectivity index (χ0) is 16.4. The van der Waals surface area contributed by atoms with Gasteiger partial charge in [-0.3, -0.25) is 4.57 Å². The highest BCUT2D eigenvalue weighted by molar-refractivity contribution is 7.98. The Hall–Kier alpha value is -2.26. The Bertz CT molecular complexity index is 845. The van der Waals surface area contributed by atoms with Crippen LogP contribution in [0.15, 0.2) is 43.4 Å². The number of nitrogens with zero attached hydrogens (tertiary/aromatic N) is 3. The van der Waals surface area contributed by atoms with E-state index in [0.717, 1.165) is 25.1 Å². The number of aromatic nitrogens is 4. The fourth-order valence-corrected chi connectivity index (χ4v) is 3.46. The maximum atomic E-state index is 11.9. The van der Waals surface area contributed by atoms with Crippen LogP contribution < -0.4 is 5.69 Å². The first-order valence-corrected chi connectivity index (χ1v) is 8.67. The molecule has 3 aromatic heterocycles. The molecule has 4 heterocycles. The molecule has 0 spiro atoms. The van der Waals surface area contributed by atoms with Crippen LogP contribution >= 0.6 is 11.8 Å². The van der Waals surface area contributed by atoms with E-state index in [-0.39, 0.29) is 11.8 Å². The van der Waals surface area contributed by atoms with Gasteiger partial charge in [-0.1, -0.05) is 16.9 Å². The predicted octanol–water partition coefficient (Wildman–Crippen LogP) is 2.29. The van der Waals surface area contributed by atoms with Gasteiger partial charge in [-0.15, -0.1) is 5.10 Å². The van der Waals surface area contributed by atoms with Crippen LogP contribution in [0.4, 0.5) is 0 Å². The molecule has 1 aliphatic rings. The lowest BCUT2D eigenvalue weighted by molar-refractivity contribution is 0.0941. The molecular formula is C15H16N4O4S. The highest BCUT2D eigenvalue weighted by Gasteiger charge is 2.20. The van der Waals surface area contributed by atoms with Crippen LogP contribution in [0.2, 0.25) is 0 Å². The Kier molecular flexibility index (Phi) is 4.26. The minimum Gasteiger partial charge on any atom is -0.461 e. The van der Waals surface area contributed by atoms with Crippen molar-refractivity contribution in [2.24, 2.45) is 0 Å². The summed E-state index contributed by atoms with van der Waals surface area (Å²) in [6, 6.07) is 5.42. The first-order valence-electron chi connectivity index (χ1n) is 7.68. The van der Waals surface area contributed by atoms with E-state index in [9.17, 15) is 4.79 Å². The van der Waals surface area contributed by atoms with E-state index in [1.165, 1.54) is 11.8 Å². The third-order valence-corrected chi connectivity index (χ3v) is 4.82. The van der Waals surface area contributed by atoms with Crippen molar-refractivity contribution in [1.29, 1.82) is 0 Å². The smallest absolute Gasteiger partial charge is 0.344 e. The number of H-pyrrole nitrogens is 1. The molecule has 0 amide bonds. The summed E-state index contributed by atoms with van der Waals surface area (Å²) in [5.41, 5.74) is 0.537. The quantitative estimate of drug-likeness (QED) is 0.682. The minimum atomic E-state index is -0.218. The molecule has 1 fully saturated rings. The largest absolute Gasteiger partial charge is 0.461 e. The summed E-state index contributed by atoms with van der Waals surface area (Å²) in [4.78, 5) is 11.9. The normalized spacial score (nSPS) is 17.6. The molecule has 8 nitrogen and oxygen atoms in total. The van der Waals surface area contributed by atoms with Crippen molar-refractivity contribution in [1.82, 2.24) is 19.9 Å². The van der Waals surface area contributed by atoms with Gasteiger partial charge in [0.25, 0.3) is 0 Å². The van der Waals surface area contributed by atoms with E-state index in [4.69, 9.17) is 13.7 Å². The molecule has 126 valence electrons. The molecule has 0 unspecified atom stereocenters. The maximum absolute atomic E-state index is 11.9. The molecule has 1 saturated heterocycles. The summed E-state index contributed by atoms with van der Waals surface area (Å²) >= 11 is 1.43. The number of hydrogen-bond acceptors (Lipinski definition) is 7. The van der Waals surface area contributed by atoms with Gasteiger partial charge in [0.2, 0.25) is 5.76 Å². The molecule has 0 saturated carbocycles. The van der Waals surface area contributed by atoms with E-state index < -0.39 is 0 Å². The van der Waals surface area contributed by atoms with Crippen molar-refractivity contribution in [2.75, 3.05) is 6.61 Å². The molecular weight excluding hydrogens is 332 g/mol. The van der Waals surface area contributed by atoms with Crippen molar-refractivity contribution in [3.63, 3.8) is 0 Å². The van der Waals surface area contributed by atoms with Crippen LogP contribution in [0.1, 0.15) is 18.5 Å². The molecule has 0 aliphatic carbocycles. The van der Waals surface area contributed by atoms with Gasteiger partial charge in [-0.05, 0) is 25.0 Å². The molecule has 0 bridgehead atoms. The number of ether oxygens (including phenoxy) is 1. The van der Waals surface area contributed by atoms with Gasteiger partial charge >= 0.3 is 5.69 Å². The Morgan fingerprint density at radius 2 is 2.38 bits per heavy atom. The van der Waals surface area contributed by atoms with Gasteiger partial charge in [0.15, 0.2) is 10.9 Å². The zero-order valence-corrected chi connectivity index (χ0v) is 13.6. The number of aromatic amines is 1. The summed E-state index contributed by atoms with van der Waals surface area (Å²) in [5.74, 6) is 1.75. The number of furan rings is 1. The molecule has 9 heteroatoms. The standard InChI is InChI=1S/C15H16N4O4S/c20-14-16-17-15(19(14)8-11-3-1-5-21-11)24-9-10-7-13(23-18-10)12-4-2-6-22-12/h2,4,6-7,11H,1,3,5,8-9H2,(H,16,20)/t11-/m1/s1. The van der Waals surface area contributed by atoms with Crippen molar-refractivity contribution in [2.45, 2.75) is 36.4 Å². The Balaban J connectivity index is 1.43. The van der Waals surface area contributed by atoms with Crippen LogP contribution in [0.25, 0.3) is 11.5 Å². The van der Waals surface area contributed by atoms with Gasteiger partial charge in [0.1, 0.15) is 0 Å². The lowest BCUT2D eigenvalue weighted by Gasteiger charge is -2.10. The number of rotatable bonds is 6. The average molecular weight is 348 g/mol. The van der Waals surface area contributed by atoms with Gasteiger partial charge in [-0.2, -0.15) is 0 Å². The molecule has 24 heavy (non-hydrogen) atoms. The zero-order valence-electron chi connectivity index (χ0n) is 12.8. The van der Waals surface area contributed by atoms with E-state index in [1.807, 2.05) is 12.1 Å². The third-order valence-electron chi connectivity index (χ3n) is 3.81. The highest BCUT2D eigenvalue weighted by Crippen LogP contribution is 2.25. The fourth-order valence-electron chi connectivity index (χ4n) is 2.62. The lowest BCUT2D eigenvalue weighted by Crippen LogP contribution is -2.24. The first kappa shape index (κ1) is 15.3. The van der Waals surface area contributed by atoms with Crippen LogP contribution in [-0.4, -0.2) is 32.6 Å². The molecule has 1 aliphatic heterocycles. The van der Waals surface area contributed by atoms with Gasteiger partial charge in [0.05, 0.1) is 24.6 Å². The average Bonchev–Trinajstić information content (AvgIpc) is 3.36. The predicted molar refractivity (Wildman–Crippen MR) is 85.6 cm³/mol. The maximum Gasteiger partial charge on any atom is 0.344 e. The van der Waals surface area contributed by atoms with Crippen molar-refractivity contribution < 1.29 is 13.7 Å². The van der Waals surface area contributed by atoms with Crippen LogP contribution in [-0.2, 0) is 17.0 Å². The van der Waals surface area contributed by atoms with Gasteiger partial charge < -0.3 is 13.7 Å². The number of thioether (sulfide) groups is 1. The van der Waals surface area contributed by atoms with E-state index in [0.29, 0.717) is 29.0 Å². The summed E-state index contributed by atoms with van der Waals surface area (Å²) in [6.07, 6.45) is 3.67. The Morgan fingerprint density at radius 1 is 1.42 bits per heavy atom. The summed E-state index contributed by atoms with van der Waals surface area (Å²) < 4.78 is 17.8. The van der Waals surface area contributed by atoms with Gasteiger partial charge in [-0.25, -0.2) is 9.89 Å². The molecule has 4 rings (SSSR count). The number of nitrogens with one attached hydrogen (secondary N) is 1. The van der Waals surface area contributed by atoms with Crippen molar-refractivity contribution >= 4 is 11.8 Å². The van der Waals surface area contributed by atoms with E-state index in [1.54, 1.807) is 16.9 Å². The second-order valence-electron chi connectivity index (χ2n) is 5.51. The van der Waals surface area contributed by atoms with E-state index >= 15 is 0 Å². The van der Waals surface area contributed by atoms with Crippen molar-refractivity contribution in [3.8, 4) is 11.5 Å². The van der Waals surface area contributed by atoms with Crippen LogP contribution in [0.5, 0.6) is 0 Å². The molecule has 1 atom stereocenters. The number of hydrogen-bond donors (Lipinski definition) is 1. The summed E-state index contributed by atoms with van der Waals surface area (Å²) in [5, 5.41) is 11.2. The second-order valence-corrected chi connectivity index (χ2v) is 6.45. The third kappa shape index (κ3) is 3.17. The summed E-state index contributed by atoms with van der Waals surface area (Å²) in [6.45, 7) is 1.28. The van der Waals surface area contributed by atoms with E-state index in [2.05, 4.69) is 15.4 Å². The fraction of sp³-hybridized carbons (Fsp3) is 0.400.